The fourth-order valence-corrected chi connectivity index (χ4v) is 3.78. The zero-order valence-corrected chi connectivity index (χ0v) is 15.4. The van der Waals surface area contributed by atoms with Crippen molar-refractivity contribution in [3.63, 3.8) is 0 Å². The second kappa shape index (κ2) is 8.06. The number of anilines is 1. The molecule has 0 spiro atoms. The Morgan fingerprint density at radius 3 is 2.19 bits per heavy atom. The molecule has 3 aromatic carbocycles. The summed E-state index contributed by atoms with van der Waals surface area (Å²) in [6.45, 7) is 2.42. The number of hydrogen-bond donors (Lipinski definition) is 1. The maximum Gasteiger partial charge on any atom is 0.261 e. The highest BCUT2D eigenvalue weighted by atomic mass is 32.2. The molecule has 0 aromatic heterocycles. The Labute approximate surface area is 154 Å². The number of para-hydroxylation sites is 1. The molecule has 134 valence electrons. The molecule has 4 nitrogen and oxygen atoms in total. The minimum absolute atomic E-state index is 0.204. The smallest absolute Gasteiger partial charge is 0.261 e. The Kier molecular flexibility index (Phi) is 5.58. The van der Waals surface area contributed by atoms with E-state index in [0.717, 1.165) is 11.1 Å². The van der Waals surface area contributed by atoms with E-state index in [9.17, 15) is 8.42 Å². The predicted octanol–water partition coefficient (Wildman–Crippen LogP) is 4.48. The van der Waals surface area contributed by atoms with E-state index in [1.807, 2.05) is 55.5 Å². The highest BCUT2D eigenvalue weighted by Crippen LogP contribution is 2.23. The maximum absolute atomic E-state index is 12.7. The van der Waals surface area contributed by atoms with Crippen LogP contribution in [0.1, 0.15) is 18.1 Å². The summed E-state index contributed by atoms with van der Waals surface area (Å²) in [5, 5.41) is 0. The molecule has 0 aliphatic rings. The quantitative estimate of drug-likeness (QED) is 0.670. The van der Waals surface area contributed by atoms with E-state index in [4.69, 9.17) is 4.74 Å². The van der Waals surface area contributed by atoms with Gasteiger partial charge in [0.05, 0.1) is 17.2 Å². The van der Waals surface area contributed by atoms with Crippen LogP contribution in [0.4, 0.5) is 5.69 Å². The summed E-state index contributed by atoms with van der Waals surface area (Å²) >= 11 is 0. The van der Waals surface area contributed by atoms with E-state index in [1.54, 1.807) is 30.3 Å². The first kappa shape index (κ1) is 18.0. The zero-order chi connectivity index (χ0) is 18.4. The van der Waals surface area contributed by atoms with Gasteiger partial charge in [-0.05, 0) is 54.8 Å². The van der Waals surface area contributed by atoms with Gasteiger partial charge in [-0.2, -0.15) is 0 Å². The molecule has 5 heteroatoms. The van der Waals surface area contributed by atoms with Crippen molar-refractivity contribution in [1.82, 2.24) is 0 Å². The third-order valence-electron chi connectivity index (χ3n) is 3.94. The fraction of sp³-hybridized carbons (Fsp3) is 0.143. The number of sulfonamides is 1. The summed E-state index contributed by atoms with van der Waals surface area (Å²) in [5.41, 5.74) is 2.64. The van der Waals surface area contributed by atoms with Gasteiger partial charge in [-0.15, -0.1) is 0 Å². The first-order valence-corrected chi connectivity index (χ1v) is 9.94. The molecule has 0 radical (unpaired) electrons. The van der Waals surface area contributed by atoms with E-state index < -0.39 is 10.0 Å². The summed E-state index contributed by atoms with van der Waals surface area (Å²) in [6, 6.07) is 23.8. The lowest BCUT2D eigenvalue weighted by Gasteiger charge is -2.13. The second-order valence-electron chi connectivity index (χ2n) is 5.83. The van der Waals surface area contributed by atoms with Gasteiger partial charge >= 0.3 is 0 Å². The second-order valence-corrected chi connectivity index (χ2v) is 7.51. The average molecular weight is 367 g/mol. The van der Waals surface area contributed by atoms with Gasteiger partial charge in [0.2, 0.25) is 0 Å². The monoisotopic (exact) mass is 367 g/mol. The molecule has 0 bridgehead atoms. The first-order chi connectivity index (χ1) is 12.6. The van der Waals surface area contributed by atoms with Crippen LogP contribution in [0.25, 0.3) is 0 Å². The number of hydrogen-bond acceptors (Lipinski definition) is 3. The Hall–Kier alpha value is -2.79. The molecule has 0 saturated carbocycles. The average Bonchev–Trinajstić information content (AvgIpc) is 2.65. The van der Waals surface area contributed by atoms with Crippen molar-refractivity contribution in [2.75, 3.05) is 11.3 Å². The molecule has 0 amide bonds. The van der Waals surface area contributed by atoms with Gasteiger partial charge in [0, 0.05) is 0 Å². The van der Waals surface area contributed by atoms with E-state index in [2.05, 4.69) is 4.72 Å². The van der Waals surface area contributed by atoms with Gasteiger partial charge < -0.3 is 4.74 Å². The molecule has 3 aromatic rings. The van der Waals surface area contributed by atoms with Crippen LogP contribution < -0.4 is 9.46 Å². The lowest BCUT2D eigenvalue weighted by atomic mass is 10.0. The van der Waals surface area contributed by atoms with Gasteiger partial charge in [-0.3, -0.25) is 4.72 Å². The van der Waals surface area contributed by atoms with Crippen molar-refractivity contribution in [3.8, 4) is 5.75 Å². The van der Waals surface area contributed by atoms with Crippen molar-refractivity contribution in [2.45, 2.75) is 18.2 Å². The minimum Gasteiger partial charge on any atom is -0.494 e. The SMILES string of the molecule is CCOc1ccc(S(=O)(=O)Nc2ccccc2Cc2ccccc2)cc1. The third kappa shape index (κ3) is 4.43. The minimum atomic E-state index is -3.67. The van der Waals surface area contributed by atoms with Crippen molar-refractivity contribution in [3.05, 3.63) is 90.0 Å². The van der Waals surface area contributed by atoms with Crippen molar-refractivity contribution >= 4 is 15.7 Å². The molecule has 0 atom stereocenters. The molecule has 0 aliphatic heterocycles. The van der Waals surface area contributed by atoms with Crippen LogP contribution in [-0.2, 0) is 16.4 Å². The number of ether oxygens (including phenoxy) is 1. The largest absolute Gasteiger partial charge is 0.494 e. The topological polar surface area (TPSA) is 55.4 Å². The van der Waals surface area contributed by atoms with Gasteiger partial charge in [0.15, 0.2) is 0 Å². The number of rotatable bonds is 7. The maximum atomic E-state index is 12.7. The van der Waals surface area contributed by atoms with Crippen LogP contribution in [0, 0.1) is 0 Å². The molecule has 0 heterocycles. The van der Waals surface area contributed by atoms with Crippen LogP contribution in [0.3, 0.4) is 0 Å². The van der Waals surface area contributed by atoms with Gasteiger partial charge in [-0.25, -0.2) is 8.42 Å². The summed E-state index contributed by atoms with van der Waals surface area (Å²) in [6.07, 6.45) is 0.656. The molecule has 26 heavy (non-hydrogen) atoms. The lowest BCUT2D eigenvalue weighted by Crippen LogP contribution is -2.14. The number of benzene rings is 3. The van der Waals surface area contributed by atoms with Crippen LogP contribution in [0.15, 0.2) is 83.8 Å². The Morgan fingerprint density at radius 1 is 0.846 bits per heavy atom. The normalized spacial score (nSPS) is 11.1. The van der Waals surface area contributed by atoms with Gasteiger partial charge in [0.1, 0.15) is 5.75 Å². The van der Waals surface area contributed by atoms with Gasteiger partial charge in [-0.1, -0.05) is 48.5 Å². The van der Waals surface area contributed by atoms with E-state index in [0.29, 0.717) is 24.5 Å². The fourth-order valence-electron chi connectivity index (χ4n) is 2.68. The molecule has 0 aliphatic carbocycles. The first-order valence-electron chi connectivity index (χ1n) is 8.46. The molecule has 3 rings (SSSR count). The van der Waals surface area contributed by atoms with E-state index in [-0.39, 0.29) is 4.90 Å². The van der Waals surface area contributed by atoms with Crippen LogP contribution >= 0.6 is 0 Å². The van der Waals surface area contributed by atoms with Crippen molar-refractivity contribution < 1.29 is 13.2 Å². The Morgan fingerprint density at radius 2 is 1.50 bits per heavy atom. The molecule has 0 saturated heterocycles. The van der Waals surface area contributed by atoms with Gasteiger partial charge in [0.25, 0.3) is 10.0 Å². The summed E-state index contributed by atoms with van der Waals surface area (Å²) < 4.78 is 33.5. The molecule has 0 fully saturated rings. The van der Waals surface area contributed by atoms with E-state index in [1.165, 1.54) is 0 Å². The Balaban J connectivity index is 1.83. The number of nitrogens with one attached hydrogen (secondary N) is 1. The van der Waals surface area contributed by atoms with Crippen molar-refractivity contribution in [1.29, 1.82) is 0 Å². The lowest BCUT2D eigenvalue weighted by molar-refractivity contribution is 0.340. The van der Waals surface area contributed by atoms with Crippen molar-refractivity contribution in [2.24, 2.45) is 0 Å². The third-order valence-corrected chi connectivity index (χ3v) is 5.33. The zero-order valence-electron chi connectivity index (χ0n) is 14.6. The highest BCUT2D eigenvalue weighted by molar-refractivity contribution is 7.92. The summed E-state index contributed by atoms with van der Waals surface area (Å²) in [4.78, 5) is 0.204. The molecular formula is C21H21NO3S. The van der Waals surface area contributed by atoms with Crippen LogP contribution in [0.2, 0.25) is 0 Å². The molecular weight excluding hydrogens is 346 g/mol. The van der Waals surface area contributed by atoms with Crippen LogP contribution in [-0.4, -0.2) is 15.0 Å². The van der Waals surface area contributed by atoms with Crippen LogP contribution in [0.5, 0.6) is 5.75 Å². The summed E-state index contributed by atoms with van der Waals surface area (Å²) in [5.74, 6) is 0.649. The highest BCUT2D eigenvalue weighted by Gasteiger charge is 2.16. The Bertz CT molecular complexity index is 952. The summed E-state index contributed by atoms with van der Waals surface area (Å²) in [7, 11) is -3.67. The van der Waals surface area contributed by atoms with E-state index >= 15 is 0 Å². The standard InChI is InChI=1S/C21H21NO3S/c1-2-25-19-12-14-20(15-13-19)26(23,24)22-21-11-7-6-10-18(21)16-17-8-4-3-5-9-17/h3-15,22H,2,16H2,1H3. The molecule has 1 N–H and O–H groups in total. The predicted molar refractivity (Wildman–Crippen MR) is 104 cm³/mol. The molecule has 0 unspecified atom stereocenters.